The van der Waals surface area contributed by atoms with Gasteiger partial charge in [-0.2, -0.15) is 26.3 Å². The first-order chi connectivity index (χ1) is 19.5. The number of hydrogen-bond acceptors (Lipinski definition) is 6. The van der Waals surface area contributed by atoms with Crippen LogP contribution in [0.5, 0.6) is 0 Å². The zero-order chi connectivity index (χ0) is 31.1. The zero-order valence-corrected chi connectivity index (χ0v) is 22.1. The lowest BCUT2D eigenvalue weighted by Crippen LogP contribution is -2.49. The number of piperidine rings is 1. The molecule has 1 amide bonds. The van der Waals surface area contributed by atoms with Crippen molar-refractivity contribution in [2.75, 3.05) is 24.5 Å². The fourth-order valence-corrected chi connectivity index (χ4v) is 5.12. The molecular weight excluding hydrogens is 584 g/mol. The molecule has 3 aromatic rings. The molecule has 0 saturated carbocycles. The van der Waals surface area contributed by atoms with Crippen LogP contribution < -0.4 is 4.90 Å². The Morgan fingerprint density at radius 1 is 1.02 bits per heavy atom. The van der Waals surface area contributed by atoms with E-state index in [1.807, 2.05) is 17.9 Å². The van der Waals surface area contributed by atoms with E-state index in [1.165, 1.54) is 6.07 Å². The number of amides is 1. The van der Waals surface area contributed by atoms with Crippen LogP contribution in [0.2, 0.25) is 0 Å². The molecule has 2 aliphatic rings. The first kappa shape index (κ1) is 30.9. The van der Waals surface area contributed by atoms with E-state index >= 15 is 0 Å². The third-order valence-corrected chi connectivity index (χ3v) is 7.10. The number of carbonyl (C=O) groups excluding carboxylic acids is 1. The fourth-order valence-electron chi connectivity index (χ4n) is 5.12. The van der Waals surface area contributed by atoms with Crippen molar-refractivity contribution in [3.8, 4) is 0 Å². The Labute approximate surface area is 232 Å². The van der Waals surface area contributed by atoms with E-state index in [2.05, 4.69) is 15.2 Å². The largest absolute Gasteiger partial charge is 0.490 e. The van der Waals surface area contributed by atoms with Crippen LogP contribution in [0.15, 0.2) is 18.2 Å². The molecule has 2 aliphatic heterocycles. The lowest BCUT2D eigenvalue weighted by Gasteiger charge is -2.40. The maximum absolute atomic E-state index is 14.4. The van der Waals surface area contributed by atoms with Crippen molar-refractivity contribution in [3.05, 3.63) is 47.2 Å². The molecular formula is C25H24F8N6O3. The van der Waals surface area contributed by atoms with Crippen molar-refractivity contribution in [3.63, 3.8) is 0 Å². The highest BCUT2D eigenvalue weighted by Gasteiger charge is 2.41. The smallest absolute Gasteiger partial charge is 0.475 e. The minimum Gasteiger partial charge on any atom is -0.475 e. The van der Waals surface area contributed by atoms with Crippen molar-refractivity contribution in [2.24, 2.45) is 11.8 Å². The maximum Gasteiger partial charge on any atom is 0.490 e. The first-order valence-corrected chi connectivity index (χ1v) is 12.6. The Morgan fingerprint density at radius 2 is 1.69 bits per heavy atom. The second-order valence-electron chi connectivity index (χ2n) is 10.0. The van der Waals surface area contributed by atoms with Gasteiger partial charge in [0, 0.05) is 48.9 Å². The number of carboxylic acids is 1. The average Bonchev–Trinajstić information content (AvgIpc) is 3.34. The molecule has 0 spiro atoms. The van der Waals surface area contributed by atoms with E-state index in [0.717, 1.165) is 16.3 Å². The number of halogens is 8. The monoisotopic (exact) mass is 608 g/mol. The second-order valence-corrected chi connectivity index (χ2v) is 10.0. The van der Waals surface area contributed by atoms with Crippen LogP contribution in [-0.4, -0.2) is 67.4 Å². The minimum atomic E-state index is -5.08. The predicted octanol–water partition coefficient (Wildman–Crippen LogP) is 4.57. The van der Waals surface area contributed by atoms with Gasteiger partial charge in [-0.15, -0.1) is 10.2 Å². The highest BCUT2D eigenvalue weighted by molar-refractivity contribution is 5.92. The summed E-state index contributed by atoms with van der Waals surface area (Å²) >= 11 is 0. The summed E-state index contributed by atoms with van der Waals surface area (Å²) in [6, 6.07) is 4.41. The van der Waals surface area contributed by atoms with E-state index in [0.29, 0.717) is 30.6 Å². The number of carboxylic acid groups (broad SMARTS) is 1. The number of anilines is 1. The Morgan fingerprint density at radius 3 is 2.29 bits per heavy atom. The topological polar surface area (TPSA) is 104 Å². The number of rotatable bonds is 2. The quantitative estimate of drug-likeness (QED) is 0.425. The summed E-state index contributed by atoms with van der Waals surface area (Å²) in [5.41, 5.74) is 1.26. The maximum atomic E-state index is 14.4. The molecule has 0 aliphatic carbocycles. The van der Waals surface area contributed by atoms with Crippen LogP contribution >= 0.6 is 0 Å². The summed E-state index contributed by atoms with van der Waals surface area (Å²) in [4.78, 5) is 29.9. The number of aryl methyl sites for hydroxylation is 1. The number of nitrogens with zero attached hydrogens (tertiary/aromatic N) is 6. The van der Waals surface area contributed by atoms with Gasteiger partial charge < -0.3 is 19.5 Å². The van der Waals surface area contributed by atoms with E-state index in [-0.39, 0.29) is 48.7 Å². The van der Waals surface area contributed by atoms with E-state index < -0.39 is 35.8 Å². The molecule has 228 valence electrons. The van der Waals surface area contributed by atoms with Crippen molar-refractivity contribution in [2.45, 2.75) is 45.7 Å². The van der Waals surface area contributed by atoms with Crippen molar-refractivity contribution < 1.29 is 49.8 Å². The molecule has 2 atom stereocenters. The average molecular weight is 608 g/mol. The van der Waals surface area contributed by atoms with Gasteiger partial charge in [0.15, 0.2) is 17.5 Å². The molecule has 4 heterocycles. The van der Waals surface area contributed by atoms with Crippen LogP contribution in [0, 0.1) is 30.4 Å². The number of benzene rings is 1. The Balaban J connectivity index is 0.000000517. The summed E-state index contributed by atoms with van der Waals surface area (Å²) in [5.74, 6) is -6.14. The summed E-state index contributed by atoms with van der Waals surface area (Å²) < 4.78 is 100. The third kappa shape index (κ3) is 6.23. The van der Waals surface area contributed by atoms with Gasteiger partial charge >= 0.3 is 18.3 Å². The van der Waals surface area contributed by atoms with E-state index in [1.54, 1.807) is 11.8 Å². The Kier molecular flexibility index (Phi) is 8.33. The summed E-state index contributed by atoms with van der Waals surface area (Å²) in [6.45, 7) is 4.80. The first-order valence-electron chi connectivity index (χ1n) is 12.6. The van der Waals surface area contributed by atoms with Gasteiger partial charge in [0.1, 0.15) is 5.52 Å². The third-order valence-electron chi connectivity index (χ3n) is 7.10. The van der Waals surface area contributed by atoms with Gasteiger partial charge in [0.25, 0.3) is 0 Å². The molecule has 2 aromatic heterocycles. The van der Waals surface area contributed by atoms with E-state index in [4.69, 9.17) is 9.90 Å². The van der Waals surface area contributed by atoms with Gasteiger partial charge in [-0.25, -0.2) is 18.6 Å². The van der Waals surface area contributed by atoms with Crippen molar-refractivity contribution >= 4 is 28.5 Å². The normalized spacial score (nSPS) is 19.3. The van der Waals surface area contributed by atoms with Crippen LogP contribution in [-0.2, 0) is 28.9 Å². The Hall–Kier alpha value is -4.05. The second kappa shape index (κ2) is 11.3. The molecule has 5 rings (SSSR count). The number of aromatic nitrogens is 4. The zero-order valence-electron chi connectivity index (χ0n) is 22.1. The molecule has 0 bridgehead atoms. The van der Waals surface area contributed by atoms with Crippen molar-refractivity contribution in [1.29, 1.82) is 0 Å². The Bertz CT molecular complexity index is 1510. The molecule has 1 N–H and O–H groups in total. The summed E-state index contributed by atoms with van der Waals surface area (Å²) in [5, 5.41) is 14.5. The van der Waals surface area contributed by atoms with Crippen LogP contribution in [0.4, 0.5) is 40.8 Å². The van der Waals surface area contributed by atoms with Crippen LogP contribution in [0.1, 0.15) is 30.7 Å². The number of hydrogen-bond donors (Lipinski definition) is 1. The van der Waals surface area contributed by atoms with Crippen LogP contribution in [0.25, 0.3) is 10.9 Å². The summed E-state index contributed by atoms with van der Waals surface area (Å²) in [6.07, 6.45) is -9.16. The molecule has 9 nitrogen and oxygen atoms in total. The van der Waals surface area contributed by atoms with Gasteiger partial charge in [-0.1, -0.05) is 6.92 Å². The minimum absolute atomic E-state index is 0.0133. The number of aliphatic carboxylic acids is 1. The lowest BCUT2D eigenvalue weighted by atomic mass is 9.85. The molecule has 0 unspecified atom stereocenters. The van der Waals surface area contributed by atoms with Gasteiger partial charge in [0.2, 0.25) is 11.7 Å². The number of pyridine rings is 1. The number of carbonyl (C=O) groups is 2. The molecule has 1 saturated heterocycles. The van der Waals surface area contributed by atoms with E-state index in [9.17, 15) is 39.9 Å². The summed E-state index contributed by atoms with van der Waals surface area (Å²) in [7, 11) is 0. The molecule has 42 heavy (non-hydrogen) atoms. The highest BCUT2D eigenvalue weighted by atomic mass is 19.4. The van der Waals surface area contributed by atoms with Gasteiger partial charge in [-0.05, 0) is 37.5 Å². The van der Waals surface area contributed by atoms with Gasteiger partial charge in [0.05, 0.1) is 6.54 Å². The number of fused-ring (bicyclic) bond motifs is 2. The SMILES string of the molecule is Cc1cc(N2CC[C@H](C(=O)N3CCn4c(nnc4C(F)(F)F)C3)[C@H](C)C2)c2ccc(F)c(F)c2n1.O=C(O)C(F)(F)F. The predicted molar refractivity (Wildman–Crippen MR) is 130 cm³/mol. The highest BCUT2D eigenvalue weighted by Crippen LogP contribution is 2.35. The standard InChI is InChI=1S/C23H23F5N6O.C2HF3O2/c1-12-10-32(17-9-13(2)29-20-15(17)3-4-16(24)19(20)25)6-5-14(12)21(35)33-7-8-34-18(11-33)30-31-22(34)23(26,27)28;3-2(4,5)1(6)7/h3-4,9,12,14H,5-8,10-11H2,1-2H3;(H,6,7)/t12-,14+;/m1./s1. The molecule has 1 fully saturated rings. The van der Waals surface area contributed by atoms with Gasteiger partial charge in [-0.3, -0.25) is 4.79 Å². The van der Waals surface area contributed by atoms with Crippen LogP contribution in [0.3, 0.4) is 0 Å². The number of alkyl halides is 6. The molecule has 1 aromatic carbocycles. The van der Waals surface area contributed by atoms with Crippen molar-refractivity contribution in [1.82, 2.24) is 24.6 Å². The molecule has 0 radical (unpaired) electrons. The molecule has 17 heteroatoms. The lowest BCUT2D eigenvalue weighted by molar-refractivity contribution is -0.192. The fraction of sp³-hybridized carbons (Fsp3) is 0.480.